The molecule has 0 aliphatic heterocycles. The van der Waals surface area contributed by atoms with Gasteiger partial charge < -0.3 is 15.3 Å². The third kappa shape index (κ3) is 33.3. The first-order valence-electron chi connectivity index (χ1n) is 0.623. The predicted molar refractivity (Wildman–Crippen MR) is 11.1 cm³/mol. The van der Waals surface area contributed by atoms with Crippen molar-refractivity contribution in [3.63, 3.8) is 0 Å². The van der Waals surface area contributed by atoms with Crippen LogP contribution in [0.4, 0.5) is 0 Å². The van der Waals surface area contributed by atoms with E-state index in [1.54, 1.807) is 0 Å². The molecule has 0 radical (unpaired) electrons. The van der Waals surface area contributed by atoms with E-state index in [0.717, 1.165) is 0 Å². The molecule has 26 valence electrons. The van der Waals surface area contributed by atoms with E-state index in [1.807, 2.05) is 0 Å². The molecule has 0 spiro atoms. The Morgan fingerprint density at radius 1 is 1.17 bits per heavy atom. The molecule has 0 rings (SSSR count). The maximum atomic E-state index is 8.81. The number of hydrogen-bond acceptors (Lipinski definition) is 3. The van der Waals surface area contributed by atoms with Crippen LogP contribution in [0.2, 0.25) is 0 Å². The quantitative estimate of drug-likeness (QED) is 0.258. The minimum Gasteiger partial charge on any atom is -0.830 e. The van der Waals surface area contributed by atoms with Crippen LogP contribution in [0.1, 0.15) is 0 Å². The smallest absolute Gasteiger partial charge is 0.830 e. The van der Waals surface area contributed by atoms with Gasteiger partial charge in [0, 0.05) is 0 Å². The number of nitrogens with two attached hydrogens (primary N) is 1. The Labute approximate surface area is 81.9 Å². The van der Waals surface area contributed by atoms with Gasteiger partial charge in [-0.05, 0) is 0 Å². The molecule has 2 N–H and O–H groups in total. The first-order chi connectivity index (χ1) is 1.73. The largest absolute Gasteiger partial charge is 1.00 e. The molecule has 0 aromatic heterocycles. The van der Waals surface area contributed by atoms with Gasteiger partial charge in [-0.1, -0.05) is 0 Å². The molecular weight excluding hydrogens is 123 g/mol. The van der Waals surface area contributed by atoms with E-state index in [0.29, 0.717) is 0 Å². The van der Waals surface area contributed by atoms with Gasteiger partial charge in [-0.25, -0.2) is 8.53 Å². The van der Waals surface area contributed by atoms with Crippen LogP contribution in [0.3, 0.4) is 0 Å². The van der Waals surface area contributed by atoms with Gasteiger partial charge in [0.15, 0.2) is 0 Å². The molecule has 0 aromatic carbocycles. The summed E-state index contributed by atoms with van der Waals surface area (Å²) in [6.07, 6.45) is 0. The van der Waals surface area contributed by atoms with Crippen molar-refractivity contribution in [1.29, 1.82) is 0 Å². The zero-order valence-corrected chi connectivity index (χ0v) is 8.74. The summed E-state index contributed by atoms with van der Waals surface area (Å²) >= 11 is 0. The summed E-state index contributed by atoms with van der Waals surface area (Å²) in [4.78, 5) is 17.6. The second kappa shape index (κ2) is 10.3. The Balaban J connectivity index is -0.0000000450. The summed E-state index contributed by atoms with van der Waals surface area (Å²) < 4.78 is 0. The van der Waals surface area contributed by atoms with Gasteiger partial charge >= 0.3 is 59.1 Å². The summed E-state index contributed by atoms with van der Waals surface area (Å²) in [6.45, 7) is 0. The van der Waals surface area contributed by atoms with Gasteiger partial charge in [0.1, 0.15) is 0 Å². The molecule has 3 nitrogen and oxygen atoms in total. The molecule has 6 heavy (non-hydrogen) atoms. The van der Waals surface area contributed by atoms with Crippen LogP contribution >= 0.6 is 8.53 Å². The van der Waals surface area contributed by atoms with Gasteiger partial charge in [-0.2, -0.15) is 0 Å². The predicted octanol–water partition coefficient (Wildman–Crippen LogP) is -8.10. The van der Waals surface area contributed by atoms with Crippen LogP contribution in [0.15, 0.2) is 0 Å². The van der Waals surface area contributed by atoms with Gasteiger partial charge in [0.2, 0.25) is 0 Å². The third-order valence-electron chi connectivity index (χ3n) is 0. The molecule has 0 amide bonds. The summed E-state index contributed by atoms with van der Waals surface area (Å²) in [7, 11) is -2.62. The van der Waals surface area contributed by atoms with Crippen molar-refractivity contribution in [2.24, 2.45) is 5.50 Å². The second-order valence-corrected chi connectivity index (χ2v) is 0.856. The van der Waals surface area contributed by atoms with Crippen LogP contribution in [0.25, 0.3) is 0 Å². The van der Waals surface area contributed by atoms with E-state index in [2.05, 4.69) is 5.50 Å². The Bertz CT molecular complexity index is 16.3. The normalized spacial score (nSPS) is 6.00. The molecule has 0 aliphatic rings. The summed E-state index contributed by atoms with van der Waals surface area (Å²) in [5.41, 5.74) is 4.06. The molecule has 0 bridgehead atoms. The molecule has 0 saturated carbocycles. The third-order valence-corrected chi connectivity index (χ3v) is 0. The first-order valence-corrected chi connectivity index (χ1v) is 1.87. The fourth-order valence-corrected chi connectivity index (χ4v) is 0. The van der Waals surface area contributed by atoms with E-state index >= 15 is 0 Å². The van der Waals surface area contributed by atoms with Gasteiger partial charge in [-0.15, -0.1) is 0 Å². The summed E-state index contributed by atoms with van der Waals surface area (Å²) in [5, 5.41) is 0. The Hall–Kier alpha value is 2.31. The van der Waals surface area contributed by atoms with Crippen molar-refractivity contribution >= 4 is 8.53 Å². The van der Waals surface area contributed by atoms with Crippen LogP contribution in [0, 0.1) is 0 Å². The van der Waals surface area contributed by atoms with E-state index in [-0.39, 0.29) is 59.1 Å². The number of hydrogen-bond donors (Lipinski definition) is 1. The molecule has 0 saturated heterocycles. The Morgan fingerprint density at radius 2 is 1.17 bits per heavy atom. The minimum atomic E-state index is -2.62. The average molecular weight is 125 g/mol. The maximum absolute atomic E-state index is 8.81. The topological polar surface area (TPSA) is 72.1 Å². The molecule has 0 atom stereocenters. The van der Waals surface area contributed by atoms with Crippen molar-refractivity contribution in [2.45, 2.75) is 0 Å². The van der Waals surface area contributed by atoms with Crippen LogP contribution in [0.5, 0.6) is 0 Å². The van der Waals surface area contributed by atoms with Gasteiger partial charge in [-0.3, -0.25) is 0 Å². The molecule has 0 aliphatic carbocycles. The van der Waals surface area contributed by atoms with Gasteiger partial charge in [0.05, 0.1) is 0 Å². The molecule has 0 fully saturated rings. The standard InChI is InChI=1S/H2NO2P.2Na/c1-4(2)3;;/h1H2;;/q-2;2*+1. The molecular formula is H2NNa2O2P. The Morgan fingerprint density at radius 3 is 1.17 bits per heavy atom. The fourth-order valence-electron chi connectivity index (χ4n) is 0. The van der Waals surface area contributed by atoms with Crippen molar-refractivity contribution in [2.75, 3.05) is 0 Å². The summed E-state index contributed by atoms with van der Waals surface area (Å²) in [6, 6.07) is 0. The monoisotopic (exact) mass is 125 g/mol. The van der Waals surface area contributed by atoms with Gasteiger partial charge in [0.25, 0.3) is 0 Å². The van der Waals surface area contributed by atoms with Crippen LogP contribution in [-0.4, -0.2) is 0 Å². The number of rotatable bonds is 0. The average Bonchev–Trinajstić information content (AvgIpc) is 0.811. The van der Waals surface area contributed by atoms with Crippen molar-refractivity contribution in [3.8, 4) is 0 Å². The van der Waals surface area contributed by atoms with Crippen LogP contribution < -0.4 is 74.4 Å². The SMILES string of the molecule is NP([O-])[O-].[Na+].[Na+]. The zero-order valence-electron chi connectivity index (χ0n) is 3.84. The maximum Gasteiger partial charge on any atom is 1.00 e. The van der Waals surface area contributed by atoms with Crippen molar-refractivity contribution < 1.29 is 68.9 Å². The van der Waals surface area contributed by atoms with E-state index < -0.39 is 8.53 Å². The first kappa shape index (κ1) is 15.7. The molecule has 0 aromatic rings. The molecule has 0 unspecified atom stereocenters. The van der Waals surface area contributed by atoms with Crippen LogP contribution in [-0.2, 0) is 0 Å². The Kier molecular flexibility index (Phi) is 27.1. The van der Waals surface area contributed by atoms with E-state index in [4.69, 9.17) is 9.79 Å². The molecule has 0 heterocycles. The van der Waals surface area contributed by atoms with E-state index in [1.165, 1.54) is 0 Å². The molecule has 6 heteroatoms. The summed E-state index contributed by atoms with van der Waals surface area (Å²) in [5.74, 6) is 0. The fraction of sp³-hybridized carbons (Fsp3) is 0. The van der Waals surface area contributed by atoms with E-state index in [9.17, 15) is 0 Å². The minimum absolute atomic E-state index is 0. The van der Waals surface area contributed by atoms with Crippen molar-refractivity contribution in [1.82, 2.24) is 0 Å². The zero-order chi connectivity index (χ0) is 3.58. The van der Waals surface area contributed by atoms with Crippen molar-refractivity contribution in [3.05, 3.63) is 0 Å². The second-order valence-electron chi connectivity index (χ2n) is 0.285.